The summed E-state index contributed by atoms with van der Waals surface area (Å²) < 4.78 is 13.2. The smallest absolute Gasteiger partial charge is 0.123 e. The summed E-state index contributed by atoms with van der Waals surface area (Å²) in [4.78, 5) is 0. The highest BCUT2D eigenvalue weighted by Gasteiger charge is 2.12. The van der Waals surface area contributed by atoms with Crippen LogP contribution >= 0.6 is 27.5 Å². The van der Waals surface area contributed by atoms with Gasteiger partial charge in [0.2, 0.25) is 0 Å². The van der Waals surface area contributed by atoms with Crippen LogP contribution in [0.1, 0.15) is 17.0 Å². The zero-order chi connectivity index (χ0) is 13.0. The summed E-state index contributed by atoms with van der Waals surface area (Å²) in [7, 11) is 0. The third-order valence-corrected chi connectivity index (χ3v) is 3.89. The van der Waals surface area contributed by atoms with Crippen LogP contribution in [-0.2, 0) is 6.42 Å². The number of hydrogen-bond donors (Lipinski definition) is 0. The molecule has 94 valence electrons. The number of alkyl halides is 1. The molecule has 0 amide bonds. The number of benzene rings is 2. The van der Waals surface area contributed by atoms with Crippen LogP contribution < -0.4 is 0 Å². The molecule has 0 saturated carbocycles. The lowest BCUT2D eigenvalue weighted by Gasteiger charge is -2.15. The average molecular weight is 328 g/mol. The second-order valence-electron chi connectivity index (χ2n) is 4.24. The van der Waals surface area contributed by atoms with Crippen molar-refractivity contribution in [2.45, 2.75) is 12.3 Å². The standard InChI is InChI=1S/C15H13BrClF/c16-10-13(12-4-2-6-15(18)9-12)7-11-3-1-5-14(17)8-11/h1-6,8-9,13H,7,10H2. The Morgan fingerprint density at radius 1 is 1.11 bits per heavy atom. The fourth-order valence-corrected chi connectivity index (χ4v) is 2.79. The van der Waals surface area contributed by atoms with Crippen LogP contribution in [0, 0.1) is 5.82 Å². The van der Waals surface area contributed by atoms with Gasteiger partial charge in [0.1, 0.15) is 5.82 Å². The van der Waals surface area contributed by atoms with E-state index >= 15 is 0 Å². The zero-order valence-corrected chi connectivity index (χ0v) is 12.1. The van der Waals surface area contributed by atoms with E-state index in [-0.39, 0.29) is 11.7 Å². The first-order valence-corrected chi connectivity index (χ1v) is 7.25. The summed E-state index contributed by atoms with van der Waals surface area (Å²) in [6, 6.07) is 14.6. The molecule has 0 N–H and O–H groups in total. The monoisotopic (exact) mass is 326 g/mol. The molecule has 0 aliphatic heterocycles. The normalized spacial score (nSPS) is 12.4. The minimum absolute atomic E-state index is 0.190. The van der Waals surface area contributed by atoms with Crippen LogP contribution in [0.2, 0.25) is 5.02 Å². The molecule has 0 nitrogen and oxygen atoms in total. The van der Waals surface area contributed by atoms with Crippen molar-refractivity contribution in [1.82, 2.24) is 0 Å². The zero-order valence-electron chi connectivity index (χ0n) is 9.74. The summed E-state index contributed by atoms with van der Waals surface area (Å²) in [5.74, 6) is 0.0590. The molecule has 1 atom stereocenters. The fourth-order valence-electron chi connectivity index (χ4n) is 1.97. The van der Waals surface area contributed by atoms with Crippen LogP contribution in [0.25, 0.3) is 0 Å². The van der Waals surface area contributed by atoms with Gasteiger partial charge in [0.05, 0.1) is 0 Å². The van der Waals surface area contributed by atoms with Crippen molar-refractivity contribution < 1.29 is 4.39 Å². The molecule has 0 aromatic heterocycles. The molecule has 2 aromatic rings. The van der Waals surface area contributed by atoms with E-state index in [4.69, 9.17) is 11.6 Å². The minimum Gasteiger partial charge on any atom is -0.207 e. The van der Waals surface area contributed by atoms with Gasteiger partial charge in [-0.2, -0.15) is 0 Å². The quantitative estimate of drug-likeness (QED) is 0.677. The van der Waals surface area contributed by atoms with Crippen LogP contribution in [-0.4, -0.2) is 5.33 Å². The highest BCUT2D eigenvalue weighted by Crippen LogP contribution is 2.24. The Balaban J connectivity index is 2.19. The van der Waals surface area contributed by atoms with E-state index in [0.717, 1.165) is 27.9 Å². The van der Waals surface area contributed by atoms with Crippen molar-refractivity contribution in [2.75, 3.05) is 5.33 Å². The van der Waals surface area contributed by atoms with E-state index in [1.807, 2.05) is 30.3 Å². The van der Waals surface area contributed by atoms with E-state index in [0.29, 0.717) is 0 Å². The van der Waals surface area contributed by atoms with Crippen molar-refractivity contribution in [3.8, 4) is 0 Å². The Bertz CT molecular complexity index is 527. The highest BCUT2D eigenvalue weighted by molar-refractivity contribution is 9.09. The molecule has 1 unspecified atom stereocenters. The number of rotatable bonds is 4. The largest absolute Gasteiger partial charge is 0.207 e. The van der Waals surface area contributed by atoms with E-state index in [1.165, 1.54) is 6.07 Å². The molecule has 18 heavy (non-hydrogen) atoms. The van der Waals surface area contributed by atoms with Crippen LogP contribution in [0.3, 0.4) is 0 Å². The predicted molar refractivity (Wildman–Crippen MR) is 78.1 cm³/mol. The van der Waals surface area contributed by atoms with Gasteiger partial charge in [0.25, 0.3) is 0 Å². The first-order chi connectivity index (χ1) is 8.69. The second-order valence-corrected chi connectivity index (χ2v) is 5.32. The minimum atomic E-state index is -0.190. The summed E-state index contributed by atoms with van der Waals surface area (Å²) >= 11 is 9.47. The highest BCUT2D eigenvalue weighted by atomic mass is 79.9. The molecular weight excluding hydrogens is 315 g/mol. The van der Waals surface area contributed by atoms with Gasteiger partial charge < -0.3 is 0 Å². The van der Waals surface area contributed by atoms with Crippen molar-refractivity contribution >= 4 is 27.5 Å². The third kappa shape index (κ3) is 3.56. The van der Waals surface area contributed by atoms with E-state index < -0.39 is 0 Å². The van der Waals surface area contributed by atoms with Crippen molar-refractivity contribution in [3.05, 3.63) is 70.5 Å². The van der Waals surface area contributed by atoms with Crippen LogP contribution in [0.4, 0.5) is 4.39 Å². The molecule has 0 fully saturated rings. The van der Waals surface area contributed by atoms with E-state index in [9.17, 15) is 4.39 Å². The van der Waals surface area contributed by atoms with Gasteiger partial charge in [-0.25, -0.2) is 4.39 Å². The summed E-state index contributed by atoms with van der Waals surface area (Å²) in [5, 5.41) is 1.53. The Hall–Kier alpha value is -0.860. The van der Waals surface area contributed by atoms with Gasteiger partial charge in [0, 0.05) is 10.4 Å². The molecule has 0 heterocycles. The molecule has 0 aliphatic carbocycles. The van der Waals surface area contributed by atoms with Gasteiger partial charge in [-0.05, 0) is 47.7 Å². The lowest BCUT2D eigenvalue weighted by atomic mass is 9.94. The second kappa shape index (κ2) is 6.35. The summed E-state index contributed by atoms with van der Waals surface area (Å²) in [5.41, 5.74) is 2.17. The predicted octanol–water partition coefficient (Wildman–Crippen LogP) is 5.20. The molecular formula is C15H13BrClF. The molecule has 0 aliphatic rings. The van der Waals surface area contributed by atoms with Crippen molar-refractivity contribution in [3.63, 3.8) is 0 Å². The van der Waals surface area contributed by atoms with Gasteiger partial charge in [-0.3, -0.25) is 0 Å². The number of hydrogen-bond acceptors (Lipinski definition) is 0. The van der Waals surface area contributed by atoms with Gasteiger partial charge >= 0.3 is 0 Å². The van der Waals surface area contributed by atoms with Gasteiger partial charge in [-0.15, -0.1) is 0 Å². The molecule has 2 rings (SSSR count). The maximum atomic E-state index is 13.2. The average Bonchev–Trinajstić information content (AvgIpc) is 2.36. The van der Waals surface area contributed by atoms with Crippen LogP contribution in [0.15, 0.2) is 48.5 Å². The summed E-state index contributed by atoms with van der Waals surface area (Å²) in [6.07, 6.45) is 0.843. The maximum absolute atomic E-state index is 13.2. The Morgan fingerprint density at radius 3 is 2.56 bits per heavy atom. The Labute approximate surface area is 120 Å². The topological polar surface area (TPSA) is 0 Å². The molecule has 0 bridgehead atoms. The Kier molecular flexibility index (Phi) is 4.79. The first kappa shape index (κ1) is 13.6. The Morgan fingerprint density at radius 2 is 1.89 bits per heavy atom. The van der Waals surface area contributed by atoms with Gasteiger partial charge in [0.15, 0.2) is 0 Å². The third-order valence-electron chi connectivity index (χ3n) is 2.88. The lowest BCUT2D eigenvalue weighted by Crippen LogP contribution is -2.04. The SMILES string of the molecule is Fc1cccc(C(CBr)Cc2cccc(Cl)c2)c1. The first-order valence-electron chi connectivity index (χ1n) is 5.75. The maximum Gasteiger partial charge on any atom is 0.123 e. The van der Waals surface area contributed by atoms with Crippen molar-refractivity contribution in [2.24, 2.45) is 0 Å². The van der Waals surface area contributed by atoms with E-state index in [2.05, 4.69) is 15.9 Å². The fraction of sp³-hybridized carbons (Fsp3) is 0.200. The summed E-state index contributed by atoms with van der Waals surface area (Å²) in [6.45, 7) is 0. The van der Waals surface area contributed by atoms with Crippen molar-refractivity contribution in [1.29, 1.82) is 0 Å². The van der Waals surface area contributed by atoms with Crippen LogP contribution in [0.5, 0.6) is 0 Å². The molecule has 0 spiro atoms. The molecule has 0 radical (unpaired) electrons. The van der Waals surface area contributed by atoms with Gasteiger partial charge in [-0.1, -0.05) is 51.8 Å². The van der Waals surface area contributed by atoms with E-state index in [1.54, 1.807) is 12.1 Å². The molecule has 2 aromatic carbocycles. The molecule has 0 saturated heterocycles. The molecule has 3 heteroatoms. The number of halogens is 3. The lowest BCUT2D eigenvalue weighted by molar-refractivity contribution is 0.621.